The molecule has 100 valence electrons. The molecule has 0 saturated carbocycles. The lowest BCUT2D eigenvalue weighted by molar-refractivity contribution is -0.121. The quantitative estimate of drug-likeness (QED) is 0.601. The molecule has 0 aliphatic rings. The van der Waals surface area contributed by atoms with Crippen molar-refractivity contribution in [2.75, 3.05) is 33.2 Å². The second-order valence-corrected chi connectivity index (χ2v) is 4.80. The molecular formula is C11H24N4O2. The number of imide groups is 1. The fourth-order valence-corrected chi connectivity index (χ4v) is 1.38. The van der Waals surface area contributed by atoms with Crippen LogP contribution in [0, 0.1) is 5.41 Å². The molecule has 6 heteroatoms. The SMILES string of the molecule is CCN(CC(=O)NC(=O)NC)CC(C)(C)CN. The van der Waals surface area contributed by atoms with Crippen molar-refractivity contribution in [3.8, 4) is 0 Å². The third kappa shape index (κ3) is 6.91. The summed E-state index contributed by atoms with van der Waals surface area (Å²) in [6.45, 7) is 8.29. The van der Waals surface area contributed by atoms with E-state index in [9.17, 15) is 9.59 Å². The highest BCUT2D eigenvalue weighted by Crippen LogP contribution is 2.14. The number of carbonyl (C=O) groups is 2. The summed E-state index contributed by atoms with van der Waals surface area (Å²) in [5, 5.41) is 4.57. The van der Waals surface area contributed by atoms with Crippen LogP contribution >= 0.6 is 0 Å². The number of rotatable bonds is 6. The number of nitrogens with two attached hydrogens (primary N) is 1. The van der Waals surface area contributed by atoms with Gasteiger partial charge in [0.25, 0.3) is 0 Å². The standard InChI is InChI=1S/C11H24N4O2/c1-5-15(8-11(2,3)7-12)6-9(16)14-10(17)13-4/h5-8,12H2,1-4H3,(H2,13,14,16,17). The number of amides is 3. The minimum absolute atomic E-state index is 0.0384. The third-order valence-electron chi connectivity index (χ3n) is 2.50. The lowest BCUT2D eigenvalue weighted by Crippen LogP contribution is -2.46. The van der Waals surface area contributed by atoms with Gasteiger partial charge in [-0.1, -0.05) is 20.8 Å². The molecule has 0 aliphatic heterocycles. The van der Waals surface area contributed by atoms with Crippen LogP contribution in [0.5, 0.6) is 0 Å². The number of nitrogens with one attached hydrogen (secondary N) is 2. The minimum atomic E-state index is -0.482. The van der Waals surface area contributed by atoms with Gasteiger partial charge in [-0.15, -0.1) is 0 Å². The van der Waals surface area contributed by atoms with Crippen LogP contribution in [0.3, 0.4) is 0 Å². The molecule has 0 unspecified atom stereocenters. The average molecular weight is 244 g/mol. The average Bonchev–Trinajstić information content (AvgIpc) is 2.27. The predicted molar refractivity (Wildman–Crippen MR) is 67.5 cm³/mol. The zero-order chi connectivity index (χ0) is 13.5. The topological polar surface area (TPSA) is 87.5 Å². The van der Waals surface area contributed by atoms with E-state index in [1.807, 2.05) is 25.7 Å². The second-order valence-electron chi connectivity index (χ2n) is 4.80. The highest BCUT2D eigenvalue weighted by Gasteiger charge is 2.21. The van der Waals surface area contributed by atoms with E-state index in [0.29, 0.717) is 6.54 Å². The first-order valence-corrected chi connectivity index (χ1v) is 5.78. The van der Waals surface area contributed by atoms with Crippen LogP contribution in [0.1, 0.15) is 20.8 Å². The summed E-state index contributed by atoms with van der Waals surface area (Å²) in [4.78, 5) is 24.4. The zero-order valence-electron chi connectivity index (χ0n) is 11.2. The van der Waals surface area contributed by atoms with Gasteiger partial charge in [0, 0.05) is 13.6 Å². The summed E-state index contributed by atoms with van der Waals surface area (Å²) < 4.78 is 0. The lowest BCUT2D eigenvalue weighted by atomic mass is 9.93. The Kier molecular flexibility index (Phi) is 6.75. The molecule has 4 N–H and O–H groups in total. The maximum Gasteiger partial charge on any atom is 0.321 e. The first kappa shape index (κ1) is 15.9. The Bertz CT molecular complexity index is 266. The maximum absolute atomic E-state index is 11.5. The normalized spacial score (nSPS) is 11.4. The Morgan fingerprint density at radius 1 is 1.35 bits per heavy atom. The second kappa shape index (κ2) is 7.24. The Morgan fingerprint density at radius 3 is 2.35 bits per heavy atom. The monoisotopic (exact) mass is 244 g/mol. The van der Waals surface area contributed by atoms with Gasteiger partial charge in [0.2, 0.25) is 5.91 Å². The van der Waals surface area contributed by atoms with Crippen molar-refractivity contribution in [3.05, 3.63) is 0 Å². The Balaban J connectivity index is 4.22. The van der Waals surface area contributed by atoms with Crippen LogP contribution in [0.25, 0.3) is 0 Å². The van der Waals surface area contributed by atoms with E-state index < -0.39 is 6.03 Å². The van der Waals surface area contributed by atoms with Crippen molar-refractivity contribution in [1.82, 2.24) is 15.5 Å². The molecule has 0 rings (SSSR count). The number of carbonyl (C=O) groups excluding carboxylic acids is 2. The van der Waals surface area contributed by atoms with Crippen LogP contribution in [0.15, 0.2) is 0 Å². The van der Waals surface area contributed by atoms with Crippen molar-refractivity contribution < 1.29 is 9.59 Å². The molecule has 0 heterocycles. The van der Waals surface area contributed by atoms with Crippen molar-refractivity contribution in [2.45, 2.75) is 20.8 Å². The Labute approximate surface area is 103 Å². The molecule has 3 amide bonds. The smallest absolute Gasteiger partial charge is 0.321 e. The number of urea groups is 1. The van der Waals surface area contributed by atoms with Gasteiger partial charge in [0.15, 0.2) is 0 Å². The van der Waals surface area contributed by atoms with E-state index in [0.717, 1.165) is 13.1 Å². The molecule has 0 aliphatic carbocycles. The van der Waals surface area contributed by atoms with Crippen molar-refractivity contribution in [2.24, 2.45) is 11.1 Å². The Morgan fingerprint density at radius 2 is 1.94 bits per heavy atom. The lowest BCUT2D eigenvalue weighted by Gasteiger charge is -2.30. The van der Waals surface area contributed by atoms with Crippen LogP contribution in [0.2, 0.25) is 0 Å². The predicted octanol–water partition coefficient (Wildman–Crippen LogP) is -0.251. The molecule has 0 aromatic heterocycles. The van der Waals surface area contributed by atoms with Crippen LogP contribution in [-0.4, -0.2) is 50.1 Å². The third-order valence-corrected chi connectivity index (χ3v) is 2.50. The minimum Gasteiger partial charge on any atom is -0.341 e. The van der Waals surface area contributed by atoms with E-state index >= 15 is 0 Å². The number of hydrogen-bond acceptors (Lipinski definition) is 4. The molecule has 6 nitrogen and oxygen atoms in total. The molecule has 0 saturated heterocycles. The fourth-order valence-electron chi connectivity index (χ4n) is 1.38. The molecule has 0 radical (unpaired) electrons. The highest BCUT2D eigenvalue weighted by atomic mass is 16.2. The molecule has 17 heavy (non-hydrogen) atoms. The van der Waals surface area contributed by atoms with Crippen molar-refractivity contribution >= 4 is 11.9 Å². The summed E-state index contributed by atoms with van der Waals surface area (Å²) in [6, 6.07) is -0.482. The van der Waals surface area contributed by atoms with Gasteiger partial charge >= 0.3 is 6.03 Å². The van der Waals surface area contributed by atoms with E-state index in [4.69, 9.17) is 5.73 Å². The van der Waals surface area contributed by atoms with E-state index in [-0.39, 0.29) is 17.9 Å². The largest absolute Gasteiger partial charge is 0.341 e. The molecule has 0 spiro atoms. The van der Waals surface area contributed by atoms with Gasteiger partial charge < -0.3 is 11.1 Å². The Hall–Kier alpha value is -1.14. The summed E-state index contributed by atoms with van der Waals surface area (Å²) in [5.74, 6) is -0.306. The molecule has 0 aromatic carbocycles. The van der Waals surface area contributed by atoms with Crippen molar-refractivity contribution in [1.29, 1.82) is 0 Å². The van der Waals surface area contributed by atoms with E-state index in [1.54, 1.807) is 0 Å². The van der Waals surface area contributed by atoms with Gasteiger partial charge in [-0.2, -0.15) is 0 Å². The molecule has 0 aromatic rings. The zero-order valence-corrected chi connectivity index (χ0v) is 11.2. The van der Waals surface area contributed by atoms with Gasteiger partial charge in [-0.3, -0.25) is 15.0 Å². The molecule has 0 bridgehead atoms. The molecular weight excluding hydrogens is 220 g/mol. The molecule has 0 fully saturated rings. The first-order chi connectivity index (χ1) is 7.84. The van der Waals surface area contributed by atoms with Crippen molar-refractivity contribution in [3.63, 3.8) is 0 Å². The molecule has 0 atom stereocenters. The highest BCUT2D eigenvalue weighted by molar-refractivity contribution is 5.95. The summed E-state index contributed by atoms with van der Waals surface area (Å²) in [6.07, 6.45) is 0. The van der Waals surface area contributed by atoms with Crippen LogP contribution in [0.4, 0.5) is 4.79 Å². The number of likely N-dealkylation sites (N-methyl/N-ethyl adjacent to an activating group) is 1. The summed E-state index contributed by atoms with van der Waals surface area (Å²) in [7, 11) is 1.47. The fraction of sp³-hybridized carbons (Fsp3) is 0.818. The number of hydrogen-bond donors (Lipinski definition) is 3. The first-order valence-electron chi connectivity index (χ1n) is 5.78. The van der Waals surface area contributed by atoms with Crippen LogP contribution in [-0.2, 0) is 4.79 Å². The van der Waals surface area contributed by atoms with Gasteiger partial charge in [0.1, 0.15) is 0 Å². The van der Waals surface area contributed by atoms with Gasteiger partial charge in [-0.05, 0) is 18.5 Å². The summed E-state index contributed by atoms with van der Waals surface area (Å²) in [5.41, 5.74) is 5.61. The van der Waals surface area contributed by atoms with Gasteiger partial charge in [-0.25, -0.2) is 4.79 Å². The maximum atomic E-state index is 11.5. The van der Waals surface area contributed by atoms with E-state index in [2.05, 4.69) is 10.6 Å². The van der Waals surface area contributed by atoms with E-state index in [1.165, 1.54) is 7.05 Å². The number of nitrogens with zero attached hydrogens (tertiary/aromatic N) is 1. The van der Waals surface area contributed by atoms with Crippen LogP contribution < -0.4 is 16.4 Å². The summed E-state index contributed by atoms with van der Waals surface area (Å²) >= 11 is 0. The van der Waals surface area contributed by atoms with Gasteiger partial charge in [0.05, 0.1) is 6.54 Å².